The summed E-state index contributed by atoms with van der Waals surface area (Å²) in [5.41, 5.74) is 4.63. The van der Waals surface area contributed by atoms with E-state index in [1.807, 2.05) is 67.4 Å². The first-order valence-electron chi connectivity index (χ1n) is 13.2. The van der Waals surface area contributed by atoms with Crippen LogP contribution in [-0.2, 0) is 11.3 Å². The Hall–Kier alpha value is -3.75. The Morgan fingerprint density at radius 3 is 2.32 bits per heavy atom. The molecular formula is C30H37N5O3. The van der Waals surface area contributed by atoms with Gasteiger partial charge in [0.25, 0.3) is 5.91 Å². The van der Waals surface area contributed by atoms with Crippen molar-refractivity contribution in [3.63, 3.8) is 0 Å². The minimum absolute atomic E-state index is 0.0241. The van der Waals surface area contributed by atoms with Gasteiger partial charge in [0, 0.05) is 63.3 Å². The quantitative estimate of drug-likeness (QED) is 0.447. The van der Waals surface area contributed by atoms with E-state index in [1.54, 1.807) is 0 Å². The zero-order chi connectivity index (χ0) is 26.9. The molecular weight excluding hydrogens is 478 g/mol. The van der Waals surface area contributed by atoms with E-state index in [2.05, 4.69) is 44.4 Å². The number of rotatable bonds is 9. The van der Waals surface area contributed by atoms with E-state index < -0.39 is 6.09 Å². The number of anilines is 1. The summed E-state index contributed by atoms with van der Waals surface area (Å²) >= 11 is 0. The molecule has 0 aliphatic carbocycles. The molecule has 38 heavy (non-hydrogen) atoms. The maximum absolute atomic E-state index is 12.9. The van der Waals surface area contributed by atoms with Gasteiger partial charge in [-0.05, 0) is 61.4 Å². The molecule has 200 valence electrons. The summed E-state index contributed by atoms with van der Waals surface area (Å²) < 4.78 is 4.78. The molecule has 1 atom stereocenters. The summed E-state index contributed by atoms with van der Waals surface area (Å²) in [6.45, 7) is 9.80. The number of hydrogen-bond donors (Lipinski definition) is 1. The molecule has 1 fully saturated rings. The Balaban J connectivity index is 1.58. The van der Waals surface area contributed by atoms with Crippen molar-refractivity contribution in [3.05, 3.63) is 95.3 Å². The number of nitrogens with one attached hydrogen (secondary N) is 1. The highest BCUT2D eigenvalue weighted by Crippen LogP contribution is 2.32. The number of carbonyl (C=O) groups excluding carboxylic acids is 2. The monoisotopic (exact) mass is 515 g/mol. The molecule has 1 aliphatic heterocycles. The van der Waals surface area contributed by atoms with Crippen LogP contribution in [-0.4, -0.2) is 78.1 Å². The van der Waals surface area contributed by atoms with E-state index in [0.29, 0.717) is 24.3 Å². The minimum Gasteiger partial charge on any atom is -0.453 e. The van der Waals surface area contributed by atoms with Gasteiger partial charge in [-0.3, -0.25) is 24.9 Å². The predicted molar refractivity (Wildman–Crippen MR) is 149 cm³/mol. The van der Waals surface area contributed by atoms with Crippen LogP contribution in [0.1, 0.15) is 47.1 Å². The predicted octanol–water partition coefficient (Wildman–Crippen LogP) is 4.65. The van der Waals surface area contributed by atoms with Crippen LogP contribution in [0.5, 0.6) is 0 Å². The number of aromatic nitrogens is 1. The second-order valence-electron chi connectivity index (χ2n) is 9.38. The zero-order valence-electron chi connectivity index (χ0n) is 22.5. The van der Waals surface area contributed by atoms with Gasteiger partial charge in [0.15, 0.2) is 0 Å². The summed E-state index contributed by atoms with van der Waals surface area (Å²) in [5.74, 6) is 0.0468. The highest BCUT2D eigenvalue weighted by molar-refractivity contribution is 5.94. The van der Waals surface area contributed by atoms with Crippen molar-refractivity contribution in [1.29, 1.82) is 0 Å². The molecule has 2 heterocycles. The van der Waals surface area contributed by atoms with E-state index in [0.717, 1.165) is 49.5 Å². The average Bonchev–Trinajstić information content (AvgIpc) is 2.96. The van der Waals surface area contributed by atoms with Crippen LogP contribution in [0.4, 0.5) is 10.5 Å². The molecule has 2 amide bonds. The third kappa shape index (κ3) is 6.76. The Bertz CT molecular complexity index is 1190. The van der Waals surface area contributed by atoms with E-state index in [-0.39, 0.29) is 11.9 Å². The molecule has 1 aromatic heterocycles. The fourth-order valence-electron chi connectivity index (χ4n) is 4.97. The second-order valence-corrected chi connectivity index (χ2v) is 9.38. The number of pyridine rings is 1. The molecule has 1 aliphatic rings. The van der Waals surface area contributed by atoms with E-state index in [9.17, 15) is 9.59 Å². The molecule has 1 unspecified atom stereocenters. The van der Waals surface area contributed by atoms with Crippen molar-refractivity contribution >= 4 is 17.7 Å². The summed E-state index contributed by atoms with van der Waals surface area (Å²) in [6, 6.07) is 21.9. The molecule has 8 heteroatoms. The van der Waals surface area contributed by atoms with Gasteiger partial charge in [-0.15, -0.1) is 0 Å². The van der Waals surface area contributed by atoms with Crippen molar-refractivity contribution in [2.45, 2.75) is 26.4 Å². The molecule has 0 spiro atoms. The normalized spacial score (nSPS) is 15.0. The van der Waals surface area contributed by atoms with Crippen LogP contribution < -0.4 is 5.32 Å². The first kappa shape index (κ1) is 27.3. The lowest BCUT2D eigenvalue weighted by molar-refractivity contribution is 0.0772. The number of amides is 2. The number of methoxy groups -OCH3 is 1. The minimum atomic E-state index is -0.499. The standard InChI is InChI=1S/C30H37N5O3/c1-4-34(5-2)29(36)24-14-12-23(13-15-24)28(25-9-8-11-26(21-25)32-30(37)38-3)35-19-17-33(18-20-35)22-27-10-6-7-16-31-27/h6-16,21,28H,4-5,17-20,22H2,1-3H3,(H,32,37). The second kappa shape index (κ2) is 13.2. The SMILES string of the molecule is CCN(CC)C(=O)c1ccc(C(c2cccc(NC(=O)OC)c2)N2CCN(Cc3ccccn3)CC2)cc1. The van der Waals surface area contributed by atoms with Crippen LogP contribution >= 0.6 is 0 Å². The van der Waals surface area contributed by atoms with Crippen LogP contribution in [0, 0.1) is 0 Å². The zero-order valence-corrected chi connectivity index (χ0v) is 22.5. The van der Waals surface area contributed by atoms with Crippen molar-refractivity contribution < 1.29 is 14.3 Å². The molecule has 3 aromatic rings. The lowest BCUT2D eigenvalue weighted by atomic mass is 9.95. The third-order valence-electron chi connectivity index (χ3n) is 7.04. The van der Waals surface area contributed by atoms with Crippen LogP contribution in [0.15, 0.2) is 72.9 Å². The molecule has 1 saturated heterocycles. The summed E-state index contributed by atoms with van der Waals surface area (Å²) in [7, 11) is 1.35. The van der Waals surface area contributed by atoms with Gasteiger partial charge < -0.3 is 9.64 Å². The molecule has 0 saturated carbocycles. The van der Waals surface area contributed by atoms with Gasteiger partial charge in [-0.1, -0.05) is 30.3 Å². The largest absolute Gasteiger partial charge is 0.453 e. The van der Waals surface area contributed by atoms with Crippen LogP contribution in [0.25, 0.3) is 0 Å². The number of piperazine rings is 1. The van der Waals surface area contributed by atoms with Crippen LogP contribution in [0.3, 0.4) is 0 Å². The number of carbonyl (C=O) groups is 2. The maximum Gasteiger partial charge on any atom is 0.411 e. The van der Waals surface area contributed by atoms with Crippen molar-refractivity contribution in [3.8, 4) is 0 Å². The molecule has 0 bridgehead atoms. The van der Waals surface area contributed by atoms with Gasteiger partial charge in [0.05, 0.1) is 18.8 Å². The summed E-state index contributed by atoms with van der Waals surface area (Å²) in [4.78, 5) is 35.9. The topological polar surface area (TPSA) is 78.0 Å². The third-order valence-corrected chi connectivity index (χ3v) is 7.04. The number of ether oxygens (including phenoxy) is 1. The van der Waals surface area contributed by atoms with Gasteiger partial charge >= 0.3 is 6.09 Å². The van der Waals surface area contributed by atoms with Gasteiger partial charge in [0.2, 0.25) is 0 Å². The van der Waals surface area contributed by atoms with E-state index in [4.69, 9.17) is 4.74 Å². The fraction of sp³-hybridized carbons (Fsp3) is 0.367. The highest BCUT2D eigenvalue weighted by Gasteiger charge is 2.27. The van der Waals surface area contributed by atoms with Crippen molar-refractivity contribution in [2.24, 2.45) is 0 Å². The Morgan fingerprint density at radius 2 is 1.68 bits per heavy atom. The number of benzene rings is 2. The Kier molecular flexibility index (Phi) is 9.46. The van der Waals surface area contributed by atoms with Crippen LogP contribution in [0.2, 0.25) is 0 Å². The fourth-order valence-corrected chi connectivity index (χ4v) is 4.97. The molecule has 4 rings (SSSR count). The summed E-state index contributed by atoms with van der Waals surface area (Å²) in [6.07, 6.45) is 1.34. The first-order chi connectivity index (χ1) is 18.5. The van der Waals surface area contributed by atoms with Crippen molar-refractivity contribution in [1.82, 2.24) is 19.7 Å². The smallest absolute Gasteiger partial charge is 0.411 e. The average molecular weight is 516 g/mol. The maximum atomic E-state index is 12.9. The molecule has 1 N–H and O–H groups in total. The first-order valence-corrected chi connectivity index (χ1v) is 13.2. The van der Waals surface area contributed by atoms with Gasteiger partial charge in [-0.25, -0.2) is 4.79 Å². The number of nitrogens with zero attached hydrogens (tertiary/aromatic N) is 4. The molecule has 0 radical (unpaired) electrons. The molecule has 2 aromatic carbocycles. The lowest BCUT2D eigenvalue weighted by Gasteiger charge is -2.39. The van der Waals surface area contributed by atoms with Crippen molar-refractivity contribution in [2.75, 3.05) is 51.7 Å². The van der Waals surface area contributed by atoms with Gasteiger partial charge in [0.1, 0.15) is 0 Å². The Labute approximate surface area is 225 Å². The lowest BCUT2D eigenvalue weighted by Crippen LogP contribution is -2.47. The van der Waals surface area contributed by atoms with E-state index in [1.165, 1.54) is 7.11 Å². The van der Waals surface area contributed by atoms with E-state index >= 15 is 0 Å². The number of hydrogen-bond acceptors (Lipinski definition) is 6. The highest BCUT2D eigenvalue weighted by atomic mass is 16.5. The Morgan fingerprint density at radius 1 is 0.947 bits per heavy atom. The van der Waals surface area contributed by atoms with Gasteiger partial charge in [-0.2, -0.15) is 0 Å². The molecule has 8 nitrogen and oxygen atoms in total. The summed E-state index contributed by atoms with van der Waals surface area (Å²) in [5, 5.41) is 2.78.